The van der Waals surface area contributed by atoms with Crippen LogP contribution in [0.25, 0.3) is 0 Å². The molecule has 0 aromatic rings. The molecule has 3 amide bonds. The van der Waals surface area contributed by atoms with E-state index in [4.69, 9.17) is 0 Å². The van der Waals surface area contributed by atoms with E-state index in [1.54, 1.807) is 6.92 Å². The minimum atomic E-state index is -0.472. The third-order valence-corrected chi connectivity index (χ3v) is 3.42. The van der Waals surface area contributed by atoms with Crippen molar-refractivity contribution in [3.05, 3.63) is 0 Å². The highest BCUT2D eigenvalue weighted by atomic mass is 16.2. The van der Waals surface area contributed by atoms with E-state index in [9.17, 15) is 14.4 Å². The predicted molar refractivity (Wildman–Crippen MR) is 71.3 cm³/mol. The lowest BCUT2D eigenvalue weighted by Gasteiger charge is -2.26. The Bertz CT molecular complexity index is 353. The summed E-state index contributed by atoms with van der Waals surface area (Å²) in [4.78, 5) is 34.5. The summed E-state index contributed by atoms with van der Waals surface area (Å²) < 4.78 is 0. The first-order chi connectivity index (χ1) is 8.97. The Labute approximate surface area is 113 Å². The predicted octanol–water partition coefficient (Wildman–Crippen LogP) is 0.0745. The van der Waals surface area contributed by atoms with Crippen LogP contribution in [0, 0.1) is 0 Å². The molecule has 1 fully saturated rings. The lowest BCUT2D eigenvalue weighted by Crippen LogP contribution is -2.56. The zero-order chi connectivity index (χ0) is 14.4. The molecular formula is C13H23N3O3. The number of carbonyl (C=O) groups is 3. The molecule has 0 aliphatic carbocycles. The van der Waals surface area contributed by atoms with E-state index < -0.39 is 12.1 Å². The fourth-order valence-electron chi connectivity index (χ4n) is 2.05. The zero-order valence-corrected chi connectivity index (χ0v) is 11.8. The smallest absolute Gasteiger partial charge is 0.243 e. The van der Waals surface area contributed by atoms with Crippen molar-refractivity contribution in [3.8, 4) is 0 Å². The summed E-state index contributed by atoms with van der Waals surface area (Å²) in [7, 11) is 0. The van der Waals surface area contributed by atoms with Crippen LogP contribution in [-0.2, 0) is 14.4 Å². The molecule has 0 saturated carbocycles. The first kappa shape index (κ1) is 15.6. The third kappa shape index (κ3) is 4.63. The number of amides is 3. The summed E-state index contributed by atoms with van der Waals surface area (Å²) in [6, 6.07) is -0.761. The van der Waals surface area contributed by atoms with Gasteiger partial charge in [-0.15, -0.1) is 0 Å². The molecule has 3 N–H and O–H groups in total. The van der Waals surface area contributed by atoms with Crippen LogP contribution < -0.4 is 16.0 Å². The van der Waals surface area contributed by atoms with Gasteiger partial charge in [0.05, 0.1) is 12.1 Å². The van der Waals surface area contributed by atoms with Gasteiger partial charge in [-0.25, -0.2) is 0 Å². The van der Waals surface area contributed by atoms with Crippen LogP contribution in [0.1, 0.15) is 46.5 Å². The second kappa shape index (κ2) is 7.23. The first-order valence-electron chi connectivity index (χ1n) is 6.88. The van der Waals surface area contributed by atoms with Crippen LogP contribution in [0.15, 0.2) is 0 Å². The van der Waals surface area contributed by atoms with E-state index in [1.807, 2.05) is 13.8 Å². The van der Waals surface area contributed by atoms with Gasteiger partial charge in [-0.1, -0.05) is 13.8 Å². The molecule has 6 heteroatoms. The number of imide groups is 1. The number of carbonyl (C=O) groups excluding carboxylic acids is 3. The molecule has 0 radical (unpaired) electrons. The van der Waals surface area contributed by atoms with E-state index in [0.29, 0.717) is 12.8 Å². The number of rotatable bonds is 6. The highest BCUT2D eigenvalue weighted by molar-refractivity contribution is 6.00. The standard InChI is InChI=1S/C13H23N3O3/c1-4-9(5-2)15-12(18)8(3)14-10-6-7-11(17)16-13(10)19/h8-10,14H,4-7H2,1-3H3,(H,15,18)(H,16,17,19). The van der Waals surface area contributed by atoms with Crippen molar-refractivity contribution in [2.24, 2.45) is 0 Å². The van der Waals surface area contributed by atoms with Crippen LogP contribution in [0.2, 0.25) is 0 Å². The maximum absolute atomic E-state index is 11.9. The molecule has 19 heavy (non-hydrogen) atoms. The molecule has 2 unspecified atom stereocenters. The molecule has 0 aromatic heterocycles. The Morgan fingerprint density at radius 1 is 1.37 bits per heavy atom. The van der Waals surface area contributed by atoms with Crippen molar-refractivity contribution < 1.29 is 14.4 Å². The molecule has 0 bridgehead atoms. The van der Waals surface area contributed by atoms with Crippen LogP contribution in [0.5, 0.6) is 0 Å². The maximum atomic E-state index is 11.9. The van der Waals surface area contributed by atoms with Gasteiger partial charge in [0.1, 0.15) is 0 Å². The summed E-state index contributed by atoms with van der Waals surface area (Å²) in [5.41, 5.74) is 0. The SMILES string of the molecule is CCC(CC)NC(=O)C(C)NC1CCC(=O)NC1=O. The number of nitrogens with one attached hydrogen (secondary N) is 3. The van der Waals surface area contributed by atoms with Gasteiger partial charge in [-0.2, -0.15) is 0 Å². The normalized spacial score (nSPS) is 21.2. The Balaban J connectivity index is 2.45. The quantitative estimate of drug-likeness (QED) is 0.596. The molecule has 0 spiro atoms. The average Bonchev–Trinajstić information content (AvgIpc) is 2.38. The Hall–Kier alpha value is -1.43. The molecule has 1 aliphatic heterocycles. The van der Waals surface area contributed by atoms with Gasteiger partial charge >= 0.3 is 0 Å². The summed E-state index contributed by atoms with van der Waals surface area (Å²) in [6.07, 6.45) is 2.51. The lowest BCUT2D eigenvalue weighted by molar-refractivity contribution is -0.135. The monoisotopic (exact) mass is 269 g/mol. The highest BCUT2D eigenvalue weighted by Crippen LogP contribution is 2.05. The summed E-state index contributed by atoms with van der Waals surface area (Å²) in [5.74, 6) is -0.714. The van der Waals surface area contributed by atoms with Gasteiger partial charge in [0, 0.05) is 12.5 Å². The number of piperidine rings is 1. The Morgan fingerprint density at radius 2 is 2.00 bits per heavy atom. The van der Waals surface area contributed by atoms with E-state index in [1.165, 1.54) is 0 Å². The molecule has 1 heterocycles. The van der Waals surface area contributed by atoms with Crippen LogP contribution in [0.4, 0.5) is 0 Å². The fourth-order valence-corrected chi connectivity index (χ4v) is 2.05. The Morgan fingerprint density at radius 3 is 2.53 bits per heavy atom. The minimum Gasteiger partial charge on any atom is -0.352 e. The minimum absolute atomic E-state index is 0.113. The molecule has 1 rings (SSSR count). The molecule has 1 aliphatic rings. The summed E-state index contributed by atoms with van der Waals surface area (Å²) in [6.45, 7) is 5.76. The van der Waals surface area contributed by atoms with Crippen molar-refractivity contribution >= 4 is 17.7 Å². The van der Waals surface area contributed by atoms with Gasteiger partial charge in [0.2, 0.25) is 17.7 Å². The van der Waals surface area contributed by atoms with Gasteiger partial charge in [-0.05, 0) is 26.2 Å². The number of hydrogen-bond donors (Lipinski definition) is 3. The third-order valence-electron chi connectivity index (χ3n) is 3.42. The topological polar surface area (TPSA) is 87.3 Å². The van der Waals surface area contributed by atoms with Gasteiger partial charge in [0.25, 0.3) is 0 Å². The van der Waals surface area contributed by atoms with Crippen molar-refractivity contribution in [2.75, 3.05) is 0 Å². The zero-order valence-electron chi connectivity index (χ0n) is 11.8. The van der Waals surface area contributed by atoms with Crippen LogP contribution in [0.3, 0.4) is 0 Å². The molecule has 6 nitrogen and oxygen atoms in total. The molecule has 0 aromatic carbocycles. The van der Waals surface area contributed by atoms with Crippen LogP contribution in [-0.4, -0.2) is 35.8 Å². The average molecular weight is 269 g/mol. The molecule has 1 saturated heterocycles. The van der Waals surface area contributed by atoms with E-state index in [0.717, 1.165) is 12.8 Å². The largest absolute Gasteiger partial charge is 0.352 e. The van der Waals surface area contributed by atoms with Gasteiger partial charge < -0.3 is 5.32 Å². The van der Waals surface area contributed by atoms with Crippen molar-refractivity contribution in [3.63, 3.8) is 0 Å². The first-order valence-corrected chi connectivity index (χ1v) is 6.88. The fraction of sp³-hybridized carbons (Fsp3) is 0.769. The van der Waals surface area contributed by atoms with E-state index in [2.05, 4.69) is 16.0 Å². The number of hydrogen-bond acceptors (Lipinski definition) is 4. The van der Waals surface area contributed by atoms with E-state index >= 15 is 0 Å². The lowest BCUT2D eigenvalue weighted by atomic mass is 10.0. The van der Waals surface area contributed by atoms with Gasteiger partial charge in [-0.3, -0.25) is 25.0 Å². The second-order valence-corrected chi connectivity index (χ2v) is 4.91. The molecule has 108 valence electrons. The highest BCUT2D eigenvalue weighted by Gasteiger charge is 2.29. The Kier molecular flexibility index (Phi) is 5.95. The maximum Gasteiger partial charge on any atom is 0.243 e. The second-order valence-electron chi connectivity index (χ2n) is 4.91. The van der Waals surface area contributed by atoms with Gasteiger partial charge in [0.15, 0.2) is 0 Å². The van der Waals surface area contributed by atoms with E-state index in [-0.39, 0.29) is 23.8 Å². The molecular weight excluding hydrogens is 246 g/mol. The van der Waals surface area contributed by atoms with Crippen molar-refractivity contribution in [2.45, 2.75) is 64.6 Å². The van der Waals surface area contributed by atoms with Crippen molar-refractivity contribution in [1.29, 1.82) is 0 Å². The summed E-state index contributed by atoms with van der Waals surface area (Å²) >= 11 is 0. The molecule has 2 atom stereocenters. The van der Waals surface area contributed by atoms with Crippen LogP contribution >= 0.6 is 0 Å². The summed E-state index contributed by atoms with van der Waals surface area (Å²) in [5, 5.41) is 8.16. The van der Waals surface area contributed by atoms with Crippen molar-refractivity contribution in [1.82, 2.24) is 16.0 Å².